The highest BCUT2D eigenvalue weighted by Crippen LogP contribution is 2.40. The number of aryl methyl sites for hydroxylation is 1. The summed E-state index contributed by atoms with van der Waals surface area (Å²) in [5.74, 6) is -1.91. The second kappa shape index (κ2) is 24.7. The molecule has 0 radical (unpaired) electrons. The second-order valence-electron chi connectivity index (χ2n) is 21.1. The van der Waals surface area contributed by atoms with Gasteiger partial charge in [0.05, 0.1) is 53.8 Å². The van der Waals surface area contributed by atoms with Crippen molar-refractivity contribution in [3.63, 3.8) is 0 Å². The summed E-state index contributed by atoms with van der Waals surface area (Å²) >= 11 is 2.27. The van der Waals surface area contributed by atoms with Gasteiger partial charge in [0.25, 0.3) is 0 Å². The molecule has 18 atom stereocenters. The number of hydrogen-bond acceptors (Lipinski definition) is 17. The number of cyclic esters (lactones) is 1. The van der Waals surface area contributed by atoms with E-state index in [9.17, 15) is 30.3 Å². The van der Waals surface area contributed by atoms with Crippen LogP contribution in [0.5, 0.6) is 5.75 Å². The van der Waals surface area contributed by atoms with Gasteiger partial charge in [0.2, 0.25) is 0 Å². The Bertz CT molecular complexity index is 1890. The van der Waals surface area contributed by atoms with Crippen LogP contribution in [0.2, 0.25) is 0 Å². The number of carbonyl (C=O) groups is 1. The van der Waals surface area contributed by atoms with E-state index in [1.54, 1.807) is 41.5 Å². The van der Waals surface area contributed by atoms with Crippen molar-refractivity contribution in [2.75, 3.05) is 40.9 Å². The minimum absolute atomic E-state index is 0.108. The molecular formula is C50H84IN5O13. The minimum atomic E-state index is -1.83. The molecular weight excluding hydrogens is 1010 g/mol. The van der Waals surface area contributed by atoms with E-state index >= 15 is 0 Å². The maximum atomic E-state index is 14.5. The number of halogens is 1. The zero-order chi connectivity index (χ0) is 51.2. The molecule has 5 rings (SSSR count). The van der Waals surface area contributed by atoms with Gasteiger partial charge in [0.1, 0.15) is 35.8 Å². The quantitative estimate of drug-likeness (QED) is 0.0960. The van der Waals surface area contributed by atoms with E-state index in [-0.39, 0.29) is 31.3 Å². The Morgan fingerprint density at radius 3 is 2.30 bits per heavy atom. The molecule has 5 N–H and O–H groups in total. The fraction of sp³-hybridized carbons (Fsp3) is 0.820. The number of likely N-dealkylation sites (N-methyl/N-ethyl adjacent to an activating group) is 2. The van der Waals surface area contributed by atoms with Gasteiger partial charge in [-0.1, -0.05) is 26.0 Å². The Balaban J connectivity index is 1.40. The van der Waals surface area contributed by atoms with E-state index in [2.05, 4.69) is 37.8 Å². The number of hydrogen-bond donors (Lipinski definition) is 5. The third-order valence-electron chi connectivity index (χ3n) is 15.0. The number of esters is 1. The average Bonchev–Trinajstić information content (AvgIpc) is 3.76. The number of methoxy groups -OCH3 is 1. The summed E-state index contributed by atoms with van der Waals surface area (Å²) in [6.07, 6.45) is -5.62. The molecule has 19 heteroatoms. The van der Waals surface area contributed by atoms with Crippen LogP contribution >= 0.6 is 22.6 Å². The van der Waals surface area contributed by atoms with Gasteiger partial charge < -0.3 is 68.5 Å². The number of ether oxygens (including phenoxy) is 7. The lowest BCUT2D eigenvalue weighted by atomic mass is 9.77. The van der Waals surface area contributed by atoms with Crippen molar-refractivity contribution in [3.8, 4) is 5.75 Å². The summed E-state index contributed by atoms with van der Waals surface area (Å²) in [5.41, 5.74) is -3.69. The van der Waals surface area contributed by atoms with Gasteiger partial charge in [-0.15, -0.1) is 5.10 Å². The smallest absolute Gasteiger partial charge is 0.311 e. The molecule has 0 unspecified atom stereocenters. The molecule has 1 aromatic carbocycles. The van der Waals surface area contributed by atoms with Gasteiger partial charge in [0.15, 0.2) is 12.6 Å². The lowest BCUT2D eigenvalue weighted by Crippen LogP contribution is -2.61. The summed E-state index contributed by atoms with van der Waals surface area (Å²) in [6.45, 7) is 19.8. The first-order chi connectivity index (χ1) is 32.3. The SMILES string of the molecule is CC[C@H]1OC(=O)[C@H](C)[C@@H](O[C@H]2C[C@@](C)(OC)[C@@H](O)[C@H](C)O2)[C@H](C)[C@@H](O[C@@H]2O[C@H](C)C[C@H](N(C)CCc3cn(CCCOc4ccc(I)cc4)nn3)[C@H]2O)[C@](C)(O)C[C@@H](C)CN(C)[C@H](C)[C@@H](O)[C@]1(C)O. The summed E-state index contributed by atoms with van der Waals surface area (Å²) in [6, 6.07) is 6.97. The molecule has 394 valence electrons. The number of nitrogens with zero attached hydrogens (tertiary/aromatic N) is 5. The predicted molar refractivity (Wildman–Crippen MR) is 266 cm³/mol. The topological polar surface area (TPSA) is 220 Å². The van der Waals surface area contributed by atoms with Gasteiger partial charge in [0, 0.05) is 73.8 Å². The molecule has 69 heavy (non-hydrogen) atoms. The number of rotatable bonds is 15. The molecule has 0 saturated carbocycles. The van der Waals surface area contributed by atoms with Gasteiger partial charge in [-0.3, -0.25) is 9.48 Å². The standard InChI is InChI=1S/C50H84IN5O13/c1-14-39-50(10,62)43(58)33(6)55(12)27-29(2)25-48(8,61)45(31(4)42(32(5)46(60)67-39)68-40-26-49(9,63-13)44(59)34(7)66-40)69-47-41(57)38(24-30(3)65-47)54(11)22-20-36-28-56(53-52-36)21-15-23-64-37-18-16-35(51)17-19-37/h16-19,28-34,38-45,47,57-59,61-62H,14-15,20-27H2,1-13H3/t29-,30-,31+,32-,33-,34+,38+,39-,40+,41-,42+,43-,44+,45-,47+,48-,49-,50-/m1/s1. The van der Waals surface area contributed by atoms with Crippen LogP contribution in [0.25, 0.3) is 0 Å². The Kier molecular flexibility index (Phi) is 20.7. The van der Waals surface area contributed by atoms with E-state index < -0.39 is 102 Å². The molecule has 0 aliphatic carbocycles. The van der Waals surface area contributed by atoms with E-state index in [4.69, 9.17) is 33.2 Å². The highest BCUT2D eigenvalue weighted by molar-refractivity contribution is 14.1. The molecule has 0 spiro atoms. The first-order valence-electron chi connectivity index (χ1n) is 24.9. The molecule has 0 amide bonds. The molecule has 3 saturated heterocycles. The van der Waals surface area contributed by atoms with Crippen molar-refractivity contribution in [1.29, 1.82) is 0 Å². The summed E-state index contributed by atoms with van der Waals surface area (Å²) in [7, 11) is 5.30. The van der Waals surface area contributed by atoms with Crippen molar-refractivity contribution in [2.24, 2.45) is 17.8 Å². The van der Waals surface area contributed by atoms with Crippen LogP contribution in [0.4, 0.5) is 0 Å². The zero-order valence-electron chi connectivity index (χ0n) is 43.2. The van der Waals surface area contributed by atoms with E-state index in [1.165, 1.54) is 14.0 Å². The lowest BCUT2D eigenvalue weighted by Gasteiger charge is -2.49. The third-order valence-corrected chi connectivity index (χ3v) is 15.8. The second-order valence-corrected chi connectivity index (χ2v) is 22.3. The van der Waals surface area contributed by atoms with Crippen molar-refractivity contribution in [1.82, 2.24) is 24.8 Å². The highest BCUT2D eigenvalue weighted by Gasteiger charge is 2.53. The molecule has 3 aliphatic rings. The van der Waals surface area contributed by atoms with Crippen molar-refractivity contribution in [3.05, 3.63) is 39.7 Å². The Morgan fingerprint density at radius 2 is 1.65 bits per heavy atom. The van der Waals surface area contributed by atoms with Crippen LogP contribution in [0, 0.1) is 21.3 Å². The average molecular weight is 1090 g/mol. The Morgan fingerprint density at radius 1 is 0.971 bits per heavy atom. The molecule has 4 heterocycles. The Labute approximate surface area is 423 Å². The van der Waals surface area contributed by atoms with Crippen molar-refractivity contribution >= 4 is 28.6 Å². The van der Waals surface area contributed by atoms with Gasteiger partial charge >= 0.3 is 5.97 Å². The minimum Gasteiger partial charge on any atom is -0.494 e. The fourth-order valence-corrected chi connectivity index (χ4v) is 11.0. The number of aromatic nitrogens is 3. The highest BCUT2D eigenvalue weighted by atomic mass is 127. The van der Waals surface area contributed by atoms with E-state index in [0.29, 0.717) is 39.1 Å². The maximum absolute atomic E-state index is 14.5. The summed E-state index contributed by atoms with van der Waals surface area (Å²) < 4.78 is 47.1. The van der Waals surface area contributed by atoms with Crippen LogP contribution < -0.4 is 4.74 Å². The molecule has 3 fully saturated rings. The lowest BCUT2D eigenvalue weighted by molar-refractivity contribution is -0.318. The Hall–Kier alpha value is -2.12. The van der Waals surface area contributed by atoms with Crippen LogP contribution in [0.3, 0.4) is 0 Å². The zero-order valence-corrected chi connectivity index (χ0v) is 45.4. The molecule has 2 aromatic rings. The number of aliphatic hydroxyl groups excluding tert-OH is 3. The first-order valence-corrected chi connectivity index (χ1v) is 25.9. The number of carbonyl (C=O) groups excluding carboxylic acids is 1. The summed E-state index contributed by atoms with van der Waals surface area (Å²) in [5, 5.41) is 68.3. The molecule has 18 nitrogen and oxygen atoms in total. The van der Waals surface area contributed by atoms with Crippen LogP contribution in [-0.4, -0.2) is 187 Å². The van der Waals surface area contributed by atoms with Crippen molar-refractivity contribution in [2.45, 2.75) is 205 Å². The first kappa shape index (κ1) is 57.8. The third kappa shape index (κ3) is 14.6. The van der Waals surface area contributed by atoms with Crippen LogP contribution in [0.1, 0.15) is 107 Å². The van der Waals surface area contributed by atoms with Crippen LogP contribution in [-0.2, 0) is 46.2 Å². The van der Waals surface area contributed by atoms with Crippen LogP contribution in [0.15, 0.2) is 30.5 Å². The molecule has 3 aliphatic heterocycles. The van der Waals surface area contributed by atoms with Gasteiger partial charge in [-0.2, -0.15) is 0 Å². The van der Waals surface area contributed by atoms with Crippen molar-refractivity contribution < 1.29 is 63.5 Å². The number of aliphatic hydroxyl groups is 5. The van der Waals surface area contributed by atoms with Gasteiger partial charge in [-0.25, -0.2) is 0 Å². The predicted octanol–water partition coefficient (Wildman–Crippen LogP) is 4.18. The number of benzene rings is 1. The van der Waals surface area contributed by atoms with E-state index in [1.807, 2.05) is 74.9 Å². The monoisotopic (exact) mass is 1090 g/mol. The fourth-order valence-electron chi connectivity index (χ4n) is 10.6. The largest absolute Gasteiger partial charge is 0.494 e. The normalized spacial score (nSPS) is 40.2. The molecule has 0 bridgehead atoms. The maximum Gasteiger partial charge on any atom is 0.311 e. The molecule has 1 aromatic heterocycles. The van der Waals surface area contributed by atoms with E-state index in [0.717, 1.165) is 21.4 Å². The summed E-state index contributed by atoms with van der Waals surface area (Å²) in [4.78, 5) is 18.5. The van der Waals surface area contributed by atoms with Gasteiger partial charge in [-0.05, 0) is 135 Å².